The Bertz CT molecular complexity index is 1590. The Morgan fingerprint density at radius 2 is 1.86 bits per heavy atom. The molecule has 0 aliphatic heterocycles. The Balaban J connectivity index is 1.42. The van der Waals surface area contributed by atoms with E-state index in [1.165, 1.54) is 18.6 Å². The van der Waals surface area contributed by atoms with Crippen molar-refractivity contribution < 1.29 is 13.6 Å². The molecule has 1 N–H and O–H groups in total. The van der Waals surface area contributed by atoms with Crippen molar-refractivity contribution in [3.05, 3.63) is 72.2 Å². The van der Waals surface area contributed by atoms with Crippen LogP contribution in [0.1, 0.15) is 48.8 Å². The van der Waals surface area contributed by atoms with E-state index in [1.807, 2.05) is 46.3 Å². The number of amides is 1. The van der Waals surface area contributed by atoms with Crippen LogP contribution in [-0.2, 0) is 19.1 Å². The van der Waals surface area contributed by atoms with Crippen LogP contribution in [0.4, 0.5) is 8.78 Å². The highest BCUT2D eigenvalue weighted by molar-refractivity contribution is 5.91. The highest BCUT2D eigenvalue weighted by Gasteiger charge is 2.20. The van der Waals surface area contributed by atoms with Crippen LogP contribution < -0.4 is 5.32 Å². The van der Waals surface area contributed by atoms with E-state index in [0.717, 1.165) is 11.1 Å². The van der Waals surface area contributed by atoms with Crippen LogP contribution in [0.25, 0.3) is 27.9 Å². The lowest BCUT2D eigenvalue weighted by atomic mass is 10.0. The van der Waals surface area contributed by atoms with Crippen molar-refractivity contribution >= 4 is 11.4 Å². The van der Waals surface area contributed by atoms with Gasteiger partial charge in [-0.1, -0.05) is 17.3 Å². The van der Waals surface area contributed by atoms with Crippen LogP contribution >= 0.6 is 0 Å². The maximum Gasteiger partial charge on any atom is 0.273 e. The van der Waals surface area contributed by atoms with Crippen molar-refractivity contribution in [1.29, 1.82) is 0 Å². The van der Waals surface area contributed by atoms with E-state index in [1.54, 1.807) is 32.2 Å². The molecule has 12 heteroatoms. The van der Waals surface area contributed by atoms with Gasteiger partial charge in [0.05, 0.1) is 29.1 Å². The molecule has 0 fully saturated rings. The number of nitrogens with one attached hydrogen (secondary N) is 1. The van der Waals surface area contributed by atoms with Gasteiger partial charge in [-0.15, -0.1) is 5.10 Å². The number of carbonyl (C=O) groups is 1. The molecule has 4 aromatic heterocycles. The first-order valence-electron chi connectivity index (χ1n) is 11.5. The third-order valence-electron chi connectivity index (χ3n) is 5.95. The summed E-state index contributed by atoms with van der Waals surface area (Å²) in [6.45, 7) is 5.70. The fourth-order valence-electron chi connectivity index (χ4n) is 3.95. The molecular weight excluding hydrogens is 480 g/mol. The first kappa shape index (κ1) is 24.2. The van der Waals surface area contributed by atoms with E-state index in [4.69, 9.17) is 0 Å². The molecule has 0 unspecified atom stereocenters. The number of hydrogen-bond acceptors (Lipinski definition) is 6. The van der Waals surface area contributed by atoms with Crippen LogP contribution in [-0.4, -0.2) is 45.3 Å². The Hall–Kier alpha value is -4.48. The minimum absolute atomic E-state index is 0.0867. The van der Waals surface area contributed by atoms with Gasteiger partial charge in [0.25, 0.3) is 12.3 Å². The predicted octanol–water partition coefficient (Wildman–Crippen LogP) is 4.01. The molecule has 0 radical (unpaired) electrons. The molecule has 1 amide bonds. The van der Waals surface area contributed by atoms with Crippen LogP contribution in [0, 0.1) is 0 Å². The number of aryl methyl sites for hydroxylation is 1. The van der Waals surface area contributed by atoms with E-state index < -0.39 is 12.3 Å². The maximum atomic E-state index is 14.1. The van der Waals surface area contributed by atoms with E-state index in [2.05, 4.69) is 30.8 Å². The molecule has 0 atom stereocenters. The molecule has 190 valence electrons. The van der Waals surface area contributed by atoms with Gasteiger partial charge in [0.1, 0.15) is 6.33 Å². The van der Waals surface area contributed by atoms with E-state index in [-0.39, 0.29) is 23.3 Å². The average Bonchev–Trinajstić information content (AvgIpc) is 3.60. The zero-order valence-electron chi connectivity index (χ0n) is 20.7. The summed E-state index contributed by atoms with van der Waals surface area (Å²) < 4.78 is 33.1. The summed E-state index contributed by atoms with van der Waals surface area (Å²) in [5.41, 5.74) is 3.38. The van der Waals surface area contributed by atoms with Crippen molar-refractivity contribution in [1.82, 2.24) is 44.7 Å². The quantitative estimate of drug-likeness (QED) is 0.374. The highest BCUT2D eigenvalue weighted by Crippen LogP contribution is 2.32. The summed E-state index contributed by atoms with van der Waals surface area (Å²) in [5.74, 6) is -0.492. The minimum Gasteiger partial charge on any atom is -0.346 e. The number of rotatable bonds is 6. The Morgan fingerprint density at radius 1 is 1.05 bits per heavy atom. The largest absolute Gasteiger partial charge is 0.346 e. The summed E-state index contributed by atoms with van der Waals surface area (Å²) in [4.78, 5) is 16.9. The van der Waals surface area contributed by atoms with Crippen LogP contribution in [0.5, 0.6) is 0 Å². The first-order chi connectivity index (χ1) is 17.6. The number of halogens is 2. The monoisotopic (exact) mass is 505 g/mol. The van der Waals surface area contributed by atoms with Crippen LogP contribution in [0.15, 0.2) is 55.4 Å². The van der Waals surface area contributed by atoms with Gasteiger partial charge in [0.15, 0.2) is 5.69 Å². The average molecular weight is 506 g/mol. The van der Waals surface area contributed by atoms with Crippen molar-refractivity contribution in [3.63, 3.8) is 0 Å². The maximum absolute atomic E-state index is 14.1. The van der Waals surface area contributed by atoms with Crippen molar-refractivity contribution in [2.24, 2.45) is 7.05 Å². The van der Waals surface area contributed by atoms with Crippen LogP contribution in [0.3, 0.4) is 0 Å². The van der Waals surface area contributed by atoms with Gasteiger partial charge in [0, 0.05) is 48.2 Å². The third-order valence-corrected chi connectivity index (χ3v) is 5.95. The SMILES string of the molecule is Cn1cc(-c2cc3c(-c4ccc(CNC(=O)c5cn(C(C)(C)C)nn5)c(C(F)F)c4)ncnn3c2)cn1. The Labute approximate surface area is 210 Å². The molecule has 5 rings (SSSR count). The molecule has 0 aliphatic rings. The molecule has 5 aromatic rings. The predicted molar refractivity (Wildman–Crippen MR) is 132 cm³/mol. The Kier molecular flexibility index (Phi) is 6.02. The molecule has 10 nitrogen and oxygen atoms in total. The minimum atomic E-state index is -2.75. The smallest absolute Gasteiger partial charge is 0.273 e. The lowest BCUT2D eigenvalue weighted by Crippen LogP contribution is -2.24. The molecule has 4 heterocycles. The van der Waals surface area contributed by atoms with Gasteiger partial charge in [0.2, 0.25) is 0 Å². The number of aromatic nitrogens is 8. The van der Waals surface area contributed by atoms with E-state index >= 15 is 0 Å². The molecule has 1 aromatic carbocycles. The fraction of sp³-hybridized carbons (Fsp3) is 0.280. The topological polar surface area (TPSA) is 108 Å². The van der Waals surface area contributed by atoms with E-state index in [0.29, 0.717) is 22.3 Å². The first-order valence-corrected chi connectivity index (χ1v) is 11.5. The second kappa shape index (κ2) is 9.19. The van der Waals surface area contributed by atoms with Gasteiger partial charge in [-0.05, 0) is 38.5 Å². The molecule has 0 saturated heterocycles. The normalized spacial score (nSPS) is 12.0. The number of fused-ring (bicyclic) bond motifs is 1. The lowest BCUT2D eigenvalue weighted by Gasteiger charge is -2.17. The number of alkyl halides is 2. The zero-order chi connectivity index (χ0) is 26.3. The van der Waals surface area contributed by atoms with Crippen molar-refractivity contribution in [3.8, 4) is 22.4 Å². The second-order valence-corrected chi connectivity index (χ2v) is 9.69. The highest BCUT2D eigenvalue weighted by atomic mass is 19.3. The van der Waals surface area contributed by atoms with Gasteiger partial charge in [-0.2, -0.15) is 10.2 Å². The molecule has 0 aliphatic carbocycles. The molecule has 0 spiro atoms. The van der Waals surface area contributed by atoms with Gasteiger partial charge < -0.3 is 5.32 Å². The molecule has 0 bridgehead atoms. The summed E-state index contributed by atoms with van der Waals surface area (Å²) in [5, 5.41) is 19.0. The van der Waals surface area contributed by atoms with E-state index in [9.17, 15) is 13.6 Å². The third kappa shape index (κ3) is 4.82. The second-order valence-electron chi connectivity index (χ2n) is 9.69. The van der Waals surface area contributed by atoms with Crippen molar-refractivity contribution in [2.75, 3.05) is 0 Å². The standard InChI is InChI=1S/C25H25F2N9O/c1-25(2,3)36-13-20(32-33-36)24(37)28-9-16-6-5-15(7-19(16)23(26)27)22-21-8-17(12-35(21)31-14-29-22)18-10-30-34(4)11-18/h5-8,10-14,23H,9H2,1-4H3,(H,28,37). The lowest BCUT2D eigenvalue weighted by molar-refractivity contribution is 0.0944. The Morgan fingerprint density at radius 3 is 2.54 bits per heavy atom. The summed E-state index contributed by atoms with van der Waals surface area (Å²) >= 11 is 0. The fourth-order valence-corrected chi connectivity index (χ4v) is 3.95. The number of nitrogens with zero attached hydrogens (tertiary/aromatic N) is 8. The number of benzene rings is 1. The summed E-state index contributed by atoms with van der Waals surface area (Å²) in [7, 11) is 1.83. The zero-order valence-corrected chi connectivity index (χ0v) is 20.7. The van der Waals surface area contributed by atoms with Gasteiger partial charge in [-0.25, -0.2) is 23.0 Å². The van der Waals surface area contributed by atoms with Crippen LogP contribution in [0.2, 0.25) is 0 Å². The number of hydrogen-bond donors (Lipinski definition) is 1. The van der Waals surface area contributed by atoms with Gasteiger partial charge >= 0.3 is 0 Å². The van der Waals surface area contributed by atoms with Crippen molar-refractivity contribution in [2.45, 2.75) is 39.3 Å². The summed E-state index contributed by atoms with van der Waals surface area (Å²) in [6, 6.07) is 6.59. The molecular formula is C25H25F2N9O. The van der Waals surface area contributed by atoms with Gasteiger partial charge in [-0.3, -0.25) is 9.48 Å². The number of carbonyl (C=O) groups excluding carboxylic acids is 1. The summed E-state index contributed by atoms with van der Waals surface area (Å²) in [6.07, 6.45) is 5.63. The molecule has 0 saturated carbocycles. The molecule has 37 heavy (non-hydrogen) atoms.